The molecule has 0 unspecified atom stereocenters. The number of primary amides is 1. The minimum absolute atomic E-state index is 0.394. The van der Waals surface area contributed by atoms with Gasteiger partial charge in [0.05, 0.1) is 17.4 Å². The van der Waals surface area contributed by atoms with Crippen molar-refractivity contribution < 1.29 is 4.79 Å². The van der Waals surface area contributed by atoms with Gasteiger partial charge in [0.25, 0.3) is 5.91 Å². The standard InChI is InChI=1S/C17H19N3O/c18-17(21)15-8-9-19-11-16(15)20-10-4-7-14(12-20)13-5-2-1-3-6-13/h1-3,5-6,8-9,11,14H,4,7,10,12H2,(H2,18,21)/t14-/m0/s1. The minimum Gasteiger partial charge on any atom is -0.369 e. The van der Waals surface area contributed by atoms with E-state index in [9.17, 15) is 4.79 Å². The van der Waals surface area contributed by atoms with Crippen LogP contribution in [0.2, 0.25) is 0 Å². The van der Waals surface area contributed by atoms with Crippen molar-refractivity contribution in [2.45, 2.75) is 18.8 Å². The molecule has 4 heteroatoms. The maximum atomic E-state index is 11.6. The third-order valence-electron chi connectivity index (χ3n) is 4.10. The Morgan fingerprint density at radius 2 is 2.05 bits per heavy atom. The summed E-state index contributed by atoms with van der Waals surface area (Å²) in [6.07, 6.45) is 5.63. The van der Waals surface area contributed by atoms with Gasteiger partial charge in [0.15, 0.2) is 0 Å². The molecule has 1 aliphatic heterocycles. The Kier molecular flexibility index (Phi) is 3.86. The van der Waals surface area contributed by atoms with E-state index in [0.29, 0.717) is 11.5 Å². The van der Waals surface area contributed by atoms with E-state index in [1.807, 2.05) is 6.07 Å². The SMILES string of the molecule is NC(=O)c1ccncc1N1CCC[C@H](c2ccccc2)C1. The second-order valence-corrected chi connectivity index (χ2v) is 5.45. The Morgan fingerprint density at radius 3 is 2.81 bits per heavy atom. The zero-order valence-electron chi connectivity index (χ0n) is 11.9. The van der Waals surface area contributed by atoms with Gasteiger partial charge in [0.1, 0.15) is 0 Å². The van der Waals surface area contributed by atoms with E-state index in [1.54, 1.807) is 18.5 Å². The molecule has 0 radical (unpaired) electrons. The molecule has 1 saturated heterocycles. The fourth-order valence-electron chi connectivity index (χ4n) is 3.04. The summed E-state index contributed by atoms with van der Waals surface area (Å²) in [5.41, 5.74) is 8.23. The van der Waals surface area contributed by atoms with Crippen LogP contribution in [0.15, 0.2) is 48.8 Å². The Labute approximate surface area is 124 Å². The first kappa shape index (κ1) is 13.6. The monoisotopic (exact) mass is 281 g/mol. The molecule has 2 N–H and O–H groups in total. The van der Waals surface area contributed by atoms with Gasteiger partial charge >= 0.3 is 0 Å². The van der Waals surface area contributed by atoms with Crippen molar-refractivity contribution >= 4 is 11.6 Å². The first-order valence-corrected chi connectivity index (χ1v) is 7.29. The molecule has 3 rings (SSSR count). The predicted octanol–water partition coefficient (Wildman–Crippen LogP) is 2.56. The van der Waals surface area contributed by atoms with Crippen molar-refractivity contribution in [2.24, 2.45) is 5.73 Å². The summed E-state index contributed by atoms with van der Waals surface area (Å²) in [6, 6.07) is 12.2. The van der Waals surface area contributed by atoms with Gasteiger partial charge in [-0.05, 0) is 24.5 Å². The number of hydrogen-bond donors (Lipinski definition) is 1. The number of carbonyl (C=O) groups excluding carboxylic acids is 1. The first-order valence-electron chi connectivity index (χ1n) is 7.29. The third kappa shape index (κ3) is 2.89. The van der Waals surface area contributed by atoms with E-state index >= 15 is 0 Å². The molecule has 0 saturated carbocycles. The Morgan fingerprint density at radius 1 is 1.24 bits per heavy atom. The van der Waals surface area contributed by atoms with Crippen LogP contribution in [-0.2, 0) is 0 Å². The maximum absolute atomic E-state index is 11.6. The lowest BCUT2D eigenvalue weighted by molar-refractivity contribution is 0.100. The van der Waals surface area contributed by atoms with Gasteiger partial charge in [-0.2, -0.15) is 0 Å². The van der Waals surface area contributed by atoms with Gasteiger partial charge in [-0.15, -0.1) is 0 Å². The van der Waals surface area contributed by atoms with Crippen molar-refractivity contribution in [1.82, 2.24) is 4.98 Å². The molecule has 0 aliphatic carbocycles. The second kappa shape index (κ2) is 5.95. The molecule has 1 aliphatic rings. The molecule has 1 aromatic heterocycles. The van der Waals surface area contributed by atoms with Crippen molar-refractivity contribution in [2.75, 3.05) is 18.0 Å². The largest absolute Gasteiger partial charge is 0.369 e. The number of nitrogens with zero attached hydrogens (tertiary/aromatic N) is 2. The molecule has 1 amide bonds. The quantitative estimate of drug-likeness (QED) is 0.940. The highest BCUT2D eigenvalue weighted by Crippen LogP contribution is 2.30. The van der Waals surface area contributed by atoms with E-state index in [4.69, 9.17) is 5.73 Å². The van der Waals surface area contributed by atoms with Gasteiger partial charge in [0, 0.05) is 25.2 Å². The molecule has 1 aromatic carbocycles. The van der Waals surface area contributed by atoms with Crippen molar-refractivity contribution in [3.63, 3.8) is 0 Å². The summed E-state index contributed by atoms with van der Waals surface area (Å²) in [5.74, 6) is 0.0927. The summed E-state index contributed by atoms with van der Waals surface area (Å²) in [7, 11) is 0. The third-order valence-corrected chi connectivity index (χ3v) is 4.10. The van der Waals surface area contributed by atoms with Gasteiger partial charge in [-0.25, -0.2) is 0 Å². The number of hydrogen-bond acceptors (Lipinski definition) is 3. The summed E-state index contributed by atoms with van der Waals surface area (Å²) in [5, 5.41) is 0. The van der Waals surface area contributed by atoms with E-state index in [2.05, 4.69) is 34.1 Å². The Hall–Kier alpha value is -2.36. The molecular formula is C17H19N3O. The summed E-state index contributed by atoms with van der Waals surface area (Å²) in [4.78, 5) is 18.0. The van der Waals surface area contributed by atoms with Gasteiger partial charge in [-0.3, -0.25) is 9.78 Å². The highest BCUT2D eigenvalue weighted by molar-refractivity contribution is 5.98. The molecule has 1 atom stereocenters. The van der Waals surface area contributed by atoms with E-state index in [1.165, 1.54) is 12.0 Å². The lowest BCUT2D eigenvalue weighted by Gasteiger charge is -2.35. The molecule has 2 heterocycles. The smallest absolute Gasteiger partial charge is 0.250 e. The lowest BCUT2D eigenvalue weighted by Crippen LogP contribution is -2.35. The van der Waals surface area contributed by atoms with Crippen molar-refractivity contribution in [3.8, 4) is 0 Å². The number of benzene rings is 1. The van der Waals surface area contributed by atoms with Gasteiger partial charge < -0.3 is 10.6 Å². The van der Waals surface area contributed by atoms with Crippen molar-refractivity contribution in [1.29, 1.82) is 0 Å². The highest BCUT2D eigenvalue weighted by Gasteiger charge is 2.24. The first-order chi connectivity index (χ1) is 10.3. The zero-order chi connectivity index (χ0) is 14.7. The zero-order valence-corrected chi connectivity index (χ0v) is 11.9. The van der Waals surface area contributed by atoms with Gasteiger partial charge in [-0.1, -0.05) is 30.3 Å². The summed E-state index contributed by atoms with van der Waals surface area (Å²) in [6.45, 7) is 1.84. The van der Waals surface area contributed by atoms with Crippen molar-refractivity contribution in [3.05, 3.63) is 59.9 Å². The average Bonchev–Trinajstić information content (AvgIpc) is 2.56. The summed E-state index contributed by atoms with van der Waals surface area (Å²) < 4.78 is 0. The van der Waals surface area contributed by atoms with Gasteiger partial charge in [0.2, 0.25) is 0 Å². The van der Waals surface area contributed by atoms with Crippen LogP contribution in [0.3, 0.4) is 0 Å². The molecule has 4 nitrogen and oxygen atoms in total. The number of aromatic nitrogens is 1. The van der Waals surface area contributed by atoms with Crippen LogP contribution >= 0.6 is 0 Å². The highest BCUT2D eigenvalue weighted by atomic mass is 16.1. The number of pyridine rings is 1. The van der Waals surface area contributed by atoms with Crippen LogP contribution in [0.25, 0.3) is 0 Å². The predicted molar refractivity (Wildman–Crippen MR) is 83.4 cm³/mol. The average molecular weight is 281 g/mol. The van der Waals surface area contributed by atoms with E-state index in [0.717, 1.165) is 25.2 Å². The molecule has 108 valence electrons. The molecule has 21 heavy (non-hydrogen) atoms. The molecule has 2 aromatic rings. The number of nitrogens with two attached hydrogens (primary N) is 1. The van der Waals surface area contributed by atoms with E-state index < -0.39 is 5.91 Å². The minimum atomic E-state index is -0.394. The number of amides is 1. The topological polar surface area (TPSA) is 59.2 Å². The molecule has 0 spiro atoms. The Bertz CT molecular complexity index is 627. The fourth-order valence-corrected chi connectivity index (χ4v) is 3.04. The van der Waals surface area contributed by atoms with Crippen LogP contribution in [0.4, 0.5) is 5.69 Å². The second-order valence-electron chi connectivity index (χ2n) is 5.45. The number of rotatable bonds is 3. The van der Waals surface area contributed by atoms with Crippen LogP contribution in [0.5, 0.6) is 0 Å². The lowest BCUT2D eigenvalue weighted by atomic mass is 9.90. The van der Waals surface area contributed by atoms with Crippen LogP contribution < -0.4 is 10.6 Å². The molecule has 0 bridgehead atoms. The van der Waals surface area contributed by atoms with E-state index in [-0.39, 0.29) is 0 Å². The number of carbonyl (C=O) groups is 1. The Balaban J connectivity index is 1.85. The number of piperidine rings is 1. The molecule has 1 fully saturated rings. The van der Waals surface area contributed by atoms with Crippen LogP contribution in [-0.4, -0.2) is 24.0 Å². The van der Waals surface area contributed by atoms with Crippen LogP contribution in [0, 0.1) is 0 Å². The normalized spacial score (nSPS) is 18.5. The molecular weight excluding hydrogens is 262 g/mol. The fraction of sp³-hybridized carbons (Fsp3) is 0.294. The summed E-state index contributed by atoms with van der Waals surface area (Å²) >= 11 is 0. The number of anilines is 1. The van der Waals surface area contributed by atoms with Crippen LogP contribution in [0.1, 0.15) is 34.7 Å². The maximum Gasteiger partial charge on any atom is 0.250 e.